The largest absolute Gasteiger partial charge is 0.481 e. The highest BCUT2D eigenvalue weighted by molar-refractivity contribution is 5.77. The maximum Gasteiger partial charge on any atom is 0.314 e. The smallest absolute Gasteiger partial charge is 0.314 e. The lowest BCUT2D eigenvalue weighted by Crippen LogP contribution is -2.45. The van der Waals surface area contributed by atoms with Gasteiger partial charge in [0, 0.05) is 13.1 Å². The Morgan fingerprint density at radius 2 is 2.00 bits per heavy atom. The first kappa shape index (κ1) is 15.8. The topological polar surface area (TPSA) is 78.4 Å². The molecule has 19 heavy (non-hydrogen) atoms. The van der Waals surface area contributed by atoms with Crippen LogP contribution in [-0.2, 0) is 4.79 Å². The number of carboxylic acids is 1. The van der Waals surface area contributed by atoms with Crippen molar-refractivity contribution in [2.75, 3.05) is 13.1 Å². The molecule has 0 aromatic carbocycles. The predicted molar refractivity (Wildman–Crippen MR) is 73.9 cm³/mol. The summed E-state index contributed by atoms with van der Waals surface area (Å²) in [5.41, 5.74) is -0.891. The van der Waals surface area contributed by atoms with Crippen molar-refractivity contribution in [1.29, 1.82) is 0 Å². The number of carbonyl (C=O) groups excluding carboxylic acids is 1. The van der Waals surface area contributed by atoms with Crippen LogP contribution >= 0.6 is 0 Å². The van der Waals surface area contributed by atoms with Crippen molar-refractivity contribution in [3.63, 3.8) is 0 Å². The van der Waals surface area contributed by atoms with Crippen molar-refractivity contribution in [2.45, 2.75) is 46.5 Å². The van der Waals surface area contributed by atoms with Crippen molar-refractivity contribution in [2.24, 2.45) is 17.3 Å². The molecular weight excluding hydrogens is 244 g/mol. The molecule has 110 valence electrons. The first-order valence-corrected chi connectivity index (χ1v) is 7.14. The molecule has 3 atom stereocenters. The number of carboxylic acid groups (broad SMARTS) is 1. The van der Waals surface area contributed by atoms with E-state index in [0.717, 1.165) is 0 Å². The number of carbonyl (C=O) groups is 2. The molecule has 3 N–H and O–H groups in total. The predicted octanol–water partition coefficient (Wildman–Crippen LogP) is 2.22. The number of amides is 2. The van der Waals surface area contributed by atoms with Crippen LogP contribution in [0.1, 0.15) is 46.5 Å². The fourth-order valence-electron chi connectivity index (χ4n) is 2.44. The summed E-state index contributed by atoms with van der Waals surface area (Å²) >= 11 is 0. The molecule has 0 saturated heterocycles. The normalized spacial score (nSPS) is 25.6. The first-order valence-electron chi connectivity index (χ1n) is 7.14. The molecule has 0 heterocycles. The van der Waals surface area contributed by atoms with E-state index in [4.69, 9.17) is 5.11 Å². The molecule has 0 spiro atoms. The van der Waals surface area contributed by atoms with E-state index in [2.05, 4.69) is 17.6 Å². The summed E-state index contributed by atoms with van der Waals surface area (Å²) in [6, 6.07) is -0.264. The molecule has 1 saturated carbocycles. The molecule has 1 rings (SSSR count). The Labute approximate surface area is 115 Å². The Hall–Kier alpha value is -1.26. The molecule has 3 unspecified atom stereocenters. The Morgan fingerprint density at radius 1 is 1.32 bits per heavy atom. The molecule has 5 nitrogen and oxygen atoms in total. The van der Waals surface area contributed by atoms with Crippen molar-refractivity contribution in [3.05, 3.63) is 0 Å². The van der Waals surface area contributed by atoms with Crippen molar-refractivity contribution < 1.29 is 14.7 Å². The van der Waals surface area contributed by atoms with E-state index in [0.29, 0.717) is 24.8 Å². The summed E-state index contributed by atoms with van der Waals surface area (Å²) in [6.45, 7) is 6.52. The number of hydrogen-bond acceptors (Lipinski definition) is 2. The summed E-state index contributed by atoms with van der Waals surface area (Å²) in [4.78, 5) is 22.8. The molecular formula is C14H26N2O3. The second kappa shape index (κ2) is 6.78. The van der Waals surface area contributed by atoms with Gasteiger partial charge in [-0.2, -0.15) is 0 Å². The minimum atomic E-state index is -0.891. The molecule has 0 aromatic rings. The SMILES string of the molecule is CCC(C)(CNC(=O)NCC1CCCC1C)C(=O)O. The molecule has 0 bridgehead atoms. The molecule has 0 aliphatic heterocycles. The van der Waals surface area contributed by atoms with Gasteiger partial charge in [-0.3, -0.25) is 4.79 Å². The van der Waals surface area contributed by atoms with Gasteiger partial charge in [0.25, 0.3) is 0 Å². The Kier molecular flexibility index (Phi) is 5.63. The zero-order chi connectivity index (χ0) is 14.5. The Balaban J connectivity index is 2.29. The quantitative estimate of drug-likeness (QED) is 0.692. The molecule has 1 fully saturated rings. The molecule has 1 aliphatic carbocycles. The maximum absolute atomic E-state index is 11.7. The second-order valence-electron chi connectivity index (χ2n) is 5.95. The highest BCUT2D eigenvalue weighted by Crippen LogP contribution is 2.30. The zero-order valence-corrected chi connectivity index (χ0v) is 12.2. The molecule has 0 aromatic heterocycles. The first-order chi connectivity index (χ1) is 8.89. The average molecular weight is 270 g/mol. The molecule has 2 amide bonds. The third-order valence-corrected chi connectivity index (χ3v) is 4.50. The van der Waals surface area contributed by atoms with Gasteiger partial charge in [0.2, 0.25) is 0 Å². The van der Waals surface area contributed by atoms with Crippen LogP contribution in [0.5, 0.6) is 0 Å². The number of urea groups is 1. The number of hydrogen-bond donors (Lipinski definition) is 3. The lowest BCUT2D eigenvalue weighted by atomic mass is 9.88. The van der Waals surface area contributed by atoms with Gasteiger partial charge < -0.3 is 15.7 Å². The summed E-state index contributed by atoms with van der Waals surface area (Å²) in [5, 5.41) is 14.6. The third-order valence-electron chi connectivity index (χ3n) is 4.50. The van der Waals surface area contributed by atoms with E-state index in [1.165, 1.54) is 19.3 Å². The van der Waals surface area contributed by atoms with E-state index in [9.17, 15) is 9.59 Å². The summed E-state index contributed by atoms with van der Waals surface area (Å²) in [7, 11) is 0. The third kappa shape index (κ3) is 4.40. The van der Waals surface area contributed by atoms with Crippen molar-refractivity contribution in [3.8, 4) is 0 Å². The average Bonchev–Trinajstić information content (AvgIpc) is 2.78. The monoisotopic (exact) mass is 270 g/mol. The molecule has 5 heteroatoms. The fraction of sp³-hybridized carbons (Fsp3) is 0.857. The maximum atomic E-state index is 11.7. The van der Waals surface area contributed by atoms with E-state index in [1.54, 1.807) is 6.92 Å². The van der Waals surface area contributed by atoms with Crippen LogP contribution in [0.25, 0.3) is 0 Å². The van der Waals surface area contributed by atoms with Gasteiger partial charge >= 0.3 is 12.0 Å². The van der Waals surface area contributed by atoms with Crippen LogP contribution in [0, 0.1) is 17.3 Å². The van der Waals surface area contributed by atoms with Crippen LogP contribution < -0.4 is 10.6 Å². The van der Waals surface area contributed by atoms with E-state index >= 15 is 0 Å². The minimum absolute atomic E-state index is 0.158. The van der Waals surface area contributed by atoms with Gasteiger partial charge in [-0.05, 0) is 31.6 Å². The number of nitrogens with one attached hydrogen (secondary N) is 2. The summed E-state index contributed by atoms with van der Waals surface area (Å²) in [6.07, 6.45) is 4.13. The molecule has 0 radical (unpaired) electrons. The van der Waals surface area contributed by atoms with E-state index < -0.39 is 11.4 Å². The van der Waals surface area contributed by atoms with Gasteiger partial charge in [0.05, 0.1) is 5.41 Å². The number of rotatable bonds is 6. The summed E-state index contributed by atoms with van der Waals surface area (Å²) in [5.74, 6) is 0.350. The number of aliphatic carboxylic acids is 1. The Bertz CT molecular complexity index is 333. The van der Waals surface area contributed by atoms with Gasteiger partial charge in [0.1, 0.15) is 0 Å². The second-order valence-corrected chi connectivity index (χ2v) is 5.95. The van der Waals surface area contributed by atoms with Gasteiger partial charge in [-0.15, -0.1) is 0 Å². The lowest BCUT2D eigenvalue weighted by molar-refractivity contribution is -0.147. The van der Waals surface area contributed by atoms with Crippen LogP contribution in [0.4, 0.5) is 4.79 Å². The van der Waals surface area contributed by atoms with Gasteiger partial charge in [0.15, 0.2) is 0 Å². The van der Waals surface area contributed by atoms with E-state index in [1.807, 2.05) is 6.92 Å². The van der Waals surface area contributed by atoms with Gasteiger partial charge in [-0.1, -0.05) is 26.7 Å². The van der Waals surface area contributed by atoms with Crippen LogP contribution in [0.15, 0.2) is 0 Å². The Morgan fingerprint density at radius 3 is 2.47 bits per heavy atom. The minimum Gasteiger partial charge on any atom is -0.481 e. The standard InChI is InChI=1S/C14H26N2O3/c1-4-14(3,12(17)18)9-16-13(19)15-8-11-7-5-6-10(11)2/h10-11H,4-9H2,1-3H3,(H,17,18)(H2,15,16,19). The van der Waals surface area contributed by atoms with Crippen molar-refractivity contribution in [1.82, 2.24) is 10.6 Å². The lowest BCUT2D eigenvalue weighted by Gasteiger charge is -2.23. The van der Waals surface area contributed by atoms with Crippen LogP contribution in [-0.4, -0.2) is 30.2 Å². The highest BCUT2D eigenvalue weighted by atomic mass is 16.4. The van der Waals surface area contributed by atoms with Crippen molar-refractivity contribution >= 4 is 12.0 Å². The highest BCUT2D eigenvalue weighted by Gasteiger charge is 2.31. The summed E-state index contributed by atoms with van der Waals surface area (Å²) < 4.78 is 0. The molecule has 1 aliphatic rings. The van der Waals surface area contributed by atoms with Crippen LogP contribution in [0.3, 0.4) is 0 Å². The van der Waals surface area contributed by atoms with E-state index in [-0.39, 0.29) is 12.6 Å². The van der Waals surface area contributed by atoms with Crippen LogP contribution in [0.2, 0.25) is 0 Å². The van der Waals surface area contributed by atoms with Gasteiger partial charge in [-0.25, -0.2) is 4.79 Å². The fourth-order valence-corrected chi connectivity index (χ4v) is 2.44. The zero-order valence-electron chi connectivity index (χ0n) is 12.2.